The zero-order valence-electron chi connectivity index (χ0n) is 11.8. The number of hydrogen-bond donors (Lipinski definition) is 2. The van der Waals surface area contributed by atoms with Gasteiger partial charge in [0.1, 0.15) is 5.82 Å². The average molecular weight is 298 g/mol. The summed E-state index contributed by atoms with van der Waals surface area (Å²) in [6.07, 6.45) is 3.04. The van der Waals surface area contributed by atoms with Crippen LogP contribution in [0.2, 0.25) is 5.02 Å². The third-order valence-corrected chi connectivity index (χ3v) is 3.68. The largest absolute Gasteiger partial charge is 0.388 e. The number of anilines is 1. The lowest BCUT2D eigenvalue weighted by Gasteiger charge is -2.36. The molecule has 1 atom stereocenters. The van der Waals surface area contributed by atoms with E-state index in [1.807, 2.05) is 6.92 Å². The molecule has 1 fully saturated rings. The van der Waals surface area contributed by atoms with Crippen molar-refractivity contribution in [2.24, 2.45) is 0 Å². The summed E-state index contributed by atoms with van der Waals surface area (Å²) in [4.78, 5) is 18.2. The zero-order chi connectivity index (χ0) is 14.8. The molecule has 0 spiro atoms. The van der Waals surface area contributed by atoms with Gasteiger partial charge >= 0.3 is 0 Å². The van der Waals surface area contributed by atoms with Crippen LogP contribution in [0.15, 0.2) is 12.3 Å². The number of piperidine rings is 1. The Morgan fingerprint density at radius 2 is 2.40 bits per heavy atom. The number of carbonyl (C=O) groups excluding carboxylic acids is 1. The molecule has 20 heavy (non-hydrogen) atoms. The van der Waals surface area contributed by atoms with E-state index in [1.165, 1.54) is 6.20 Å². The van der Waals surface area contributed by atoms with Crippen molar-refractivity contribution in [3.05, 3.63) is 22.8 Å². The van der Waals surface area contributed by atoms with Crippen molar-refractivity contribution in [3.8, 4) is 0 Å². The molecule has 1 saturated heterocycles. The predicted molar refractivity (Wildman–Crippen MR) is 79.2 cm³/mol. The Labute approximate surface area is 123 Å². The number of amides is 1. The number of rotatable bonds is 3. The smallest absolute Gasteiger partial charge is 0.255 e. The molecule has 2 heterocycles. The highest BCUT2D eigenvalue weighted by Crippen LogP contribution is 2.24. The van der Waals surface area contributed by atoms with Gasteiger partial charge in [-0.1, -0.05) is 11.6 Å². The van der Waals surface area contributed by atoms with Gasteiger partial charge in [-0.15, -0.1) is 0 Å². The van der Waals surface area contributed by atoms with Gasteiger partial charge in [0, 0.05) is 25.8 Å². The number of nitrogens with zero attached hydrogens (tertiary/aromatic N) is 2. The fourth-order valence-electron chi connectivity index (χ4n) is 2.43. The summed E-state index contributed by atoms with van der Waals surface area (Å²) in [5, 5.41) is 13.5. The maximum atomic E-state index is 12.4. The highest BCUT2D eigenvalue weighted by atomic mass is 35.5. The standard InChI is InChI=1S/C14H20ClN3O2/c1-3-16-12-11(15)7-10(8-17-12)13(19)18-6-4-5-14(2,20)9-18/h7-8,20H,3-6,9H2,1-2H3,(H,16,17). The first-order valence-electron chi connectivity index (χ1n) is 6.84. The first kappa shape index (κ1) is 15.1. The Morgan fingerprint density at radius 3 is 3.00 bits per heavy atom. The molecule has 1 aromatic heterocycles. The molecule has 0 bridgehead atoms. The minimum Gasteiger partial charge on any atom is -0.388 e. The molecular formula is C14H20ClN3O2. The van der Waals surface area contributed by atoms with Gasteiger partial charge in [-0.25, -0.2) is 4.98 Å². The lowest BCUT2D eigenvalue weighted by atomic mass is 9.95. The third kappa shape index (κ3) is 3.41. The van der Waals surface area contributed by atoms with E-state index in [2.05, 4.69) is 10.3 Å². The number of likely N-dealkylation sites (tertiary alicyclic amines) is 1. The monoisotopic (exact) mass is 297 g/mol. The molecule has 2 rings (SSSR count). The highest BCUT2D eigenvalue weighted by molar-refractivity contribution is 6.33. The summed E-state index contributed by atoms with van der Waals surface area (Å²) in [6.45, 7) is 5.42. The molecule has 5 nitrogen and oxygen atoms in total. The van der Waals surface area contributed by atoms with Crippen molar-refractivity contribution >= 4 is 23.3 Å². The number of hydrogen-bond acceptors (Lipinski definition) is 4. The lowest BCUT2D eigenvalue weighted by molar-refractivity contribution is -0.0107. The van der Waals surface area contributed by atoms with Crippen LogP contribution in [0.4, 0.5) is 5.82 Å². The van der Waals surface area contributed by atoms with E-state index >= 15 is 0 Å². The zero-order valence-corrected chi connectivity index (χ0v) is 12.6. The molecule has 110 valence electrons. The maximum Gasteiger partial charge on any atom is 0.255 e. The molecule has 1 aliphatic heterocycles. The number of aliphatic hydroxyl groups is 1. The van der Waals surface area contributed by atoms with Gasteiger partial charge in [0.15, 0.2) is 0 Å². The van der Waals surface area contributed by atoms with E-state index in [4.69, 9.17) is 11.6 Å². The molecule has 1 unspecified atom stereocenters. The first-order chi connectivity index (χ1) is 9.43. The van der Waals surface area contributed by atoms with Crippen LogP contribution in [0.5, 0.6) is 0 Å². The number of nitrogens with one attached hydrogen (secondary N) is 1. The summed E-state index contributed by atoms with van der Waals surface area (Å²) in [7, 11) is 0. The van der Waals surface area contributed by atoms with Gasteiger partial charge in [0.25, 0.3) is 5.91 Å². The van der Waals surface area contributed by atoms with Crippen molar-refractivity contribution in [3.63, 3.8) is 0 Å². The summed E-state index contributed by atoms with van der Waals surface area (Å²) < 4.78 is 0. The predicted octanol–water partition coefficient (Wildman–Crippen LogP) is 2.15. The molecule has 6 heteroatoms. The molecular weight excluding hydrogens is 278 g/mol. The number of pyridine rings is 1. The van der Waals surface area contributed by atoms with Gasteiger partial charge in [-0.05, 0) is 32.8 Å². The Bertz CT molecular complexity index is 505. The van der Waals surface area contributed by atoms with Crippen molar-refractivity contribution in [1.82, 2.24) is 9.88 Å². The van der Waals surface area contributed by atoms with E-state index < -0.39 is 5.60 Å². The highest BCUT2D eigenvalue weighted by Gasteiger charge is 2.31. The van der Waals surface area contributed by atoms with E-state index in [9.17, 15) is 9.90 Å². The molecule has 1 aromatic rings. The molecule has 0 aliphatic carbocycles. The van der Waals surface area contributed by atoms with Crippen LogP contribution >= 0.6 is 11.6 Å². The SMILES string of the molecule is CCNc1ncc(C(=O)N2CCCC(C)(O)C2)cc1Cl. The summed E-state index contributed by atoms with van der Waals surface area (Å²) in [6, 6.07) is 1.62. The Hall–Kier alpha value is -1.33. The van der Waals surface area contributed by atoms with Crippen molar-refractivity contribution in [2.45, 2.75) is 32.3 Å². The summed E-state index contributed by atoms with van der Waals surface area (Å²) in [5.41, 5.74) is -0.358. The van der Waals surface area contributed by atoms with Crippen LogP contribution in [0.3, 0.4) is 0 Å². The lowest BCUT2D eigenvalue weighted by Crippen LogP contribution is -2.48. The van der Waals surface area contributed by atoms with Gasteiger partial charge in [0.2, 0.25) is 0 Å². The second-order valence-corrected chi connectivity index (χ2v) is 5.82. The second kappa shape index (κ2) is 5.97. The van der Waals surface area contributed by atoms with Crippen LogP contribution in [0.1, 0.15) is 37.0 Å². The molecule has 0 radical (unpaired) electrons. The number of aromatic nitrogens is 1. The first-order valence-corrected chi connectivity index (χ1v) is 7.22. The van der Waals surface area contributed by atoms with Crippen LogP contribution in [0.25, 0.3) is 0 Å². The van der Waals surface area contributed by atoms with Crippen molar-refractivity contribution < 1.29 is 9.90 Å². The Balaban J connectivity index is 2.15. The van der Waals surface area contributed by atoms with Crippen LogP contribution in [-0.4, -0.2) is 46.1 Å². The number of halogens is 1. The Morgan fingerprint density at radius 1 is 1.65 bits per heavy atom. The van der Waals surface area contributed by atoms with Gasteiger partial charge in [-0.3, -0.25) is 4.79 Å². The fraction of sp³-hybridized carbons (Fsp3) is 0.571. The molecule has 0 saturated carbocycles. The summed E-state index contributed by atoms with van der Waals surface area (Å²) in [5.74, 6) is 0.443. The maximum absolute atomic E-state index is 12.4. The van der Waals surface area contributed by atoms with Crippen molar-refractivity contribution in [2.75, 3.05) is 25.0 Å². The van der Waals surface area contributed by atoms with Gasteiger partial charge < -0.3 is 15.3 Å². The Kier molecular flexibility index (Phi) is 4.50. The molecule has 2 N–H and O–H groups in total. The molecule has 0 aromatic carbocycles. The minimum absolute atomic E-state index is 0.137. The number of β-amino-alcohol motifs (C(OH)–C–C–N with tert-alkyl or cyclic N) is 1. The van der Waals surface area contributed by atoms with Crippen LogP contribution in [-0.2, 0) is 0 Å². The fourth-order valence-corrected chi connectivity index (χ4v) is 2.66. The number of carbonyl (C=O) groups is 1. The normalized spacial score (nSPS) is 22.7. The van der Waals surface area contributed by atoms with Gasteiger partial charge in [-0.2, -0.15) is 0 Å². The topological polar surface area (TPSA) is 65.5 Å². The molecule has 1 aliphatic rings. The second-order valence-electron chi connectivity index (χ2n) is 5.41. The van der Waals surface area contributed by atoms with Gasteiger partial charge in [0.05, 0.1) is 16.2 Å². The van der Waals surface area contributed by atoms with E-state index in [1.54, 1.807) is 17.9 Å². The van der Waals surface area contributed by atoms with E-state index in [0.717, 1.165) is 19.4 Å². The quantitative estimate of drug-likeness (QED) is 0.897. The van der Waals surface area contributed by atoms with E-state index in [-0.39, 0.29) is 5.91 Å². The van der Waals surface area contributed by atoms with Crippen LogP contribution in [0, 0.1) is 0 Å². The minimum atomic E-state index is -0.811. The average Bonchev–Trinajstić information content (AvgIpc) is 2.39. The van der Waals surface area contributed by atoms with Crippen LogP contribution < -0.4 is 5.32 Å². The third-order valence-electron chi connectivity index (χ3n) is 3.39. The van der Waals surface area contributed by atoms with E-state index in [0.29, 0.717) is 29.5 Å². The summed E-state index contributed by atoms with van der Waals surface area (Å²) >= 11 is 6.10. The van der Waals surface area contributed by atoms with Crippen molar-refractivity contribution in [1.29, 1.82) is 0 Å². The molecule has 1 amide bonds.